The van der Waals surface area contributed by atoms with Crippen molar-refractivity contribution in [2.24, 2.45) is 0 Å². The van der Waals surface area contributed by atoms with Crippen LogP contribution in [0.5, 0.6) is 0 Å². The molecule has 15 heavy (non-hydrogen) atoms. The Hall–Kier alpha value is -1.27. The molecular weight excluding hydrogens is 254 g/mol. The van der Waals surface area contributed by atoms with Crippen molar-refractivity contribution >= 4 is 21.8 Å². The van der Waals surface area contributed by atoms with E-state index in [1.54, 1.807) is 11.9 Å². The highest BCUT2D eigenvalue weighted by Crippen LogP contribution is 2.11. The van der Waals surface area contributed by atoms with E-state index in [0.29, 0.717) is 6.54 Å². The lowest BCUT2D eigenvalue weighted by molar-refractivity contribution is -0.129. The van der Waals surface area contributed by atoms with E-state index in [2.05, 4.69) is 21.9 Å². The minimum absolute atomic E-state index is 0.0274. The van der Waals surface area contributed by atoms with Crippen LogP contribution in [0, 0.1) is 12.3 Å². The quantitative estimate of drug-likeness (QED) is 0.769. The fraction of sp³-hybridized carbons (Fsp3) is 0.250. The fourth-order valence-corrected chi connectivity index (χ4v) is 1.44. The molecule has 0 saturated heterocycles. The first-order chi connectivity index (χ1) is 7.13. The molecule has 1 aromatic carbocycles. The third-order valence-corrected chi connectivity index (χ3v) is 2.54. The van der Waals surface area contributed by atoms with E-state index in [4.69, 9.17) is 6.42 Å². The molecule has 0 unspecified atom stereocenters. The maximum Gasteiger partial charge on any atom is 0.234 e. The summed E-state index contributed by atoms with van der Waals surface area (Å²) in [4.78, 5) is 13.0. The van der Waals surface area contributed by atoms with E-state index < -0.39 is 0 Å². The van der Waals surface area contributed by atoms with Crippen molar-refractivity contribution in [1.82, 2.24) is 4.90 Å². The average Bonchev–Trinajstić information content (AvgIpc) is 2.22. The van der Waals surface area contributed by atoms with E-state index in [1.807, 2.05) is 24.3 Å². The Balaban J connectivity index is 2.59. The molecule has 0 bridgehead atoms. The number of hydrogen-bond acceptors (Lipinski definition) is 1. The van der Waals surface area contributed by atoms with Crippen molar-refractivity contribution in [1.29, 1.82) is 0 Å². The lowest BCUT2D eigenvalue weighted by Gasteiger charge is -2.15. The zero-order valence-corrected chi connectivity index (χ0v) is 10.1. The Morgan fingerprint density at radius 3 is 2.60 bits per heavy atom. The van der Waals surface area contributed by atoms with Gasteiger partial charge in [0.15, 0.2) is 0 Å². The Morgan fingerprint density at radius 2 is 2.07 bits per heavy atom. The number of benzene rings is 1. The van der Waals surface area contributed by atoms with Gasteiger partial charge < -0.3 is 4.90 Å². The monoisotopic (exact) mass is 265 g/mol. The minimum atomic E-state index is -0.0274. The maximum atomic E-state index is 11.4. The molecular formula is C12H12BrNO. The van der Waals surface area contributed by atoms with Gasteiger partial charge in [-0.1, -0.05) is 34.0 Å². The number of hydrogen-bond donors (Lipinski definition) is 0. The predicted molar refractivity (Wildman–Crippen MR) is 64.1 cm³/mol. The molecule has 0 aliphatic carbocycles. The molecule has 0 fully saturated rings. The normalized spacial score (nSPS) is 9.40. The van der Waals surface area contributed by atoms with Gasteiger partial charge in [0.2, 0.25) is 5.91 Å². The number of halogens is 1. The van der Waals surface area contributed by atoms with Crippen LogP contribution in [0.25, 0.3) is 0 Å². The highest BCUT2D eigenvalue weighted by molar-refractivity contribution is 9.10. The molecule has 0 aromatic heterocycles. The molecule has 78 valence electrons. The lowest BCUT2D eigenvalue weighted by atomic mass is 10.2. The molecule has 1 amide bonds. The highest BCUT2D eigenvalue weighted by atomic mass is 79.9. The first-order valence-corrected chi connectivity index (χ1v) is 5.34. The summed E-state index contributed by atoms with van der Waals surface area (Å²) in [5, 5.41) is 0. The van der Waals surface area contributed by atoms with Gasteiger partial charge in [-0.25, -0.2) is 0 Å². The molecule has 0 saturated carbocycles. The molecule has 1 aromatic rings. The van der Waals surface area contributed by atoms with Crippen molar-refractivity contribution in [2.75, 3.05) is 7.05 Å². The summed E-state index contributed by atoms with van der Waals surface area (Å²) in [5.74, 6) is 2.32. The first kappa shape index (κ1) is 11.8. The van der Waals surface area contributed by atoms with Gasteiger partial charge in [0.1, 0.15) is 0 Å². The molecule has 0 aliphatic rings. The van der Waals surface area contributed by atoms with E-state index in [1.165, 1.54) is 0 Å². The van der Waals surface area contributed by atoms with Gasteiger partial charge in [0, 0.05) is 18.1 Å². The number of terminal acetylenes is 1. The third-order valence-electron chi connectivity index (χ3n) is 2.01. The van der Waals surface area contributed by atoms with E-state index >= 15 is 0 Å². The Kier molecular flexibility index (Phi) is 4.38. The summed E-state index contributed by atoms with van der Waals surface area (Å²) >= 11 is 3.36. The smallest absolute Gasteiger partial charge is 0.234 e. The van der Waals surface area contributed by atoms with Crippen LogP contribution < -0.4 is 0 Å². The van der Waals surface area contributed by atoms with Crippen LogP contribution in [-0.4, -0.2) is 17.9 Å². The van der Waals surface area contributed by atoms with E-state index in [9.17, 15) is 4.79 Å². The molecule has 0 N–H and O–H groups in total. The minimum Gasteiger partial charge on any atom is -0.341 e. The summed E-state index contributed by atoms with van der Waals surface area (Å²) in [6.45, 7) is 0.591. The van der Waals surface area contributed by atoms with Crippen LogP contribution in [0.15, 0.2) is 28.7 Å². The fourth-order valence-electron chi connectivity index (χ4n) is 1.17. The third kappa shape index (κ3) is 3.77. The maximum absolute atomic E-state index is 11.4. The Bertz CT molecular complexity index is 378. The second-order valence-corrected chi connectivity index (χ2v) is 4.17. The van der Waals surface area contributed by atoms with E-state index in [0.717, 1.165) is 10.0 Å². The predicted octanol–water partition coefficient (Wildman–Crippen LogP) is 2.43. The second kappa shape index (κ2) is 5.57. The number of rotatable bonds is 3. The molecule has 2 nitrogen and oxygen atoms in total. The van der Waals surface area contributed by atoms with Crippen molar-refractivity contribution in [3.63, 3.8) is 0 Å². The van der Waals surface area contributed by atoms with Crippen LogP contribution in [-0.2, 0) is 11.3 Å². The Morgan fingerprint density at radius 1 is 1.47 bits per heavy atom. The summed E-state index contributed by atoms with van der Waals surface area (Å²) in [5.41, 5.74) is 1.09. The molecule has 0 heterocycles. The molecule has 0 spiro atoms. The summed E-state index contributed by atoms with van der Waals surface area (Å²) in [6.07, 6.45) is 5.24. The van der Waals surface area contributed by atoms with Gasteiger partial charge >= 0.3 is 0 Å². The van der Waals surface area contributed by atoms with Crippen molar-refractivity contribution in [2.45, 2.75) is 13.0 Å². The standard InChI is InChI=1S/C12H12BrNO/c1-3-4-12(15)14(2)9-10-5-7-11(13)8-6-10/h1,5-8H,4,9H2,2H3. The summed E-state index contributed by atoms with van der Waals surface area (Å²) < 4.78 is 1.03. The first-order valence-electron chi connectivity index (χ1n) is 4.55. The molecule has 0 aliphatic heterocycles. The van der Waals surface area contributed by atoms with Crippen molar-refractivity contribution in [3.05, 3.63) is 34.3 Å². The van der Waals surface area contributed by atoms with Crippen LogP contribution >= 0.6 is 15.9 Å². The largest absolute Gasteiger partial charge is 0.341 e. The van der Waals surface area contributed by atoms with Gasteiger partial charge in [-0.2, -0.15) is 0 Å². The van der Waals surface area contributed by atoms with Gasteiger partial charge in [0.05, 0.1) is 6.42 Å². The molecule has 0 atom stereocenters. The summed E-state index contributed by atoms with van der Waals surface area (Å²) in [6, 6.07) is 7.86. The van der Waals surface area contributed by atoms with Crippen LogP contribution in [0.3, 0.4) is 0 Å². The van der Waals surface area contributed by atoms with Gasteiger partial charge in [0.25, 0.3) is 0 Å². The number of carbonyl (C=O) groups is 1. The topological polar surface area (TPSA) is 20.3 Å². The zero-order valence-electron chi connectivity index (χ0n) is 8.53. The number of carbonyl (C=O) groups excluding carboxylic acids is 1. The number of nitrogens with zero attached hydrogens (tertiary/aromatic N) is 1. The average molecular weight is 266 g/mol. The van der Waals surface area contributed by atoms with Crippen molar-refractivity contribution < 1.29 is 4.79 Å². The molecule has 0 radical (unpaired) electrons. The van der Waals surface area contributed by atoms with Crippen LogP contribution in [0.1, 0.15) is 12.0 Å². The second-order valence-electron chi connectivity index (χ2n) is 3.26. The Labute approximate surface area is 98.4 Å². The lowest BCUT2D eigenvalue weighted by Crippen LogP contribution is -2.25. The molecule has 1 rings (SSSR count). The van der Waals surface area contributed by atoms with Gasteiger partial charge in [-0.15, -0.1) is 6.42 Å². The van der Waals surface area contributed by atoms with Gasteiger partial charge in [-0.05, 0) is 17.7 Å². The van der Waals surface area contributed by atoms with Crippen LogP contribution in [0.4, 0.5) is 0 Å². The SMILES string of the molecule is C#CCC(=O)N(C)Cc1ccc(Br)cc1. The van der Waals surface area contributed by atoms with Crippen LogP contribution in [0.2, 0.25) is 0 Å². The summed E-state index contributed by atoms with van der Waals surface area (Å²) in [7, 11) is 1.75. The zero-order chi connectivity index (χ0) is 11.3. The number of amides is 1. The van der Waals surface area contributed by atoms with E-state index in [-0.39, 0.29) is 12.3 Å². The van der Waals surface area contributed by atoms with Crippen molar-refractivity contribution in [3.8, 4) is 12.3 Å². The molecule has 3 heteroatoms. The highest BCUT2D eigenvalue weighted by Gasteiger charge is 2.06. The van der Waals surface area contributed by atoms with Gasteiger partial charge in [-0.3, -0.25) is 4.79 Å².